The molecule has 1 heterocycles. The lowest BCUT2D eigenvalue weighted by Gasteiger charge is -2.05. The highest BCUT2D eigenvalue weighted by atomic mass is 32.2. The number of ether oxygens (including phenoxy) is 1. The molecule has 0 unspecified atom stereocenters. The number of amides is 1. The zero-order valence-electron chi connectivity index (χ0n) is 13.7. The van der Waals surface area contributed by atoms with Crippen LogP contribution in [0, 0.1) is 0 Å². The molecule has 128 valence electrons. The van der Waals surface area contributed by atoms with E-state index in [0.29, 0.717) is 23.0 Å². The predicted molar refractivity (Wildman–Crippen MR) is 97.9 cm³/mol. The summed E-state index contributed by atoms with van der Waals surface area (Å²) in [6.07, 6.45) is 0. The van der Waals surface area contributed by atoms with Crippen molar-refractivity contribution in [1.29, 1.82) is 0 Å². The summed E-state index contributed by atoms with van der Waals surface area (Å²) >= 11 is 1.49. The zero-order chi connectivity index (χ0) is 17.5. The monoisotopic (exact) mass is 354 g/mol. The van der Waals surface area contributed by atoms with Gasteiger partial charge in [0.05, 0.1) is 7.11 Å². The van der Waals surface area contributed by atoms with Gasteiger partial charge in [-0.2, -0.15) is 0 Å². The van der Waals surface area contributed by atoms with Gasteiger partial charge in [0.25, 0.3) is 5.91 Å². The van der Waals surface area contributed by atoms with E-state index >= 15 is 0 Å². The second-order valence-electron chi connectivity index (χ2n) is 5.17. The molecule has 0 aliphatic rings. The summed E-state index contributed by atoms with van der Waals surface area (Å²) in [5.74, 6) is 2.05. The molecule has 7 heteroatoms. The van der Waals surface area contributed by atoms with Gasteiger partial charge in [-0.3, -0.25) is 9.89 Å². The van der Waals surface area contributed by atoms with E-state index in [1.165, 1.54) is 11.8 Å². The Labute approximate surface area is 150 Å². The third-order valence-electron chi connectivity index (χ3n) is 3.48. The van der Waals surface area contributed by atoms with E-state index in [0.717, 1.165) is 17.1 Å². The van der Waals surface area contributed by atoms with Gasteiger partial charge in [-0.05, 0) is 24.3 Å². The first-order valence-electron chi connectivity index (χ1n) is 7.79. The van der Waals surface area contributed by atoms with E-state index in [9.17, 15) is 4.79 Å². The van der Waals surface area contributed by atoms with Gasteiger partial charge in [-0.1, -0.05) is 42.1 Å². The summed E-state index contributed by atoms with van der Waals surface area (Å²) in [6, 6.07) is 16.8. The smallest absolute Gasteiger partial charge is 0.251 e. The standard InChI is InChI=1S/C18H18N4O2S/c1-24-15-9-7-14(8-10-15)17(23)19-11-12-25-18-20-16(21-22-18)13-5-3-2-4-6-13/h2-10H,11-12H2,1H3,(H,19,23)(H,20,21,22). The average molecular weight is 354 g/mol. The molecule has 2 N–H and O–H groups in total. The van der Waals surface area contributed by atoms with Crippen LogP contribution in [0.1, 0.15) is 10.4 Å². The summed E-state index contributed by atoms with van der Waals surface area (Å²) in [7, 11) is 1.60. The van der Waals surface area contributed by atoms with Gasteiger partial charge in [0.1, 0.15) is 5.75 Å². The Bertz CT molecular complexity index is 819. The summed E-state index contributed by atoms with van der Waals surface area (Å²) in [5, 5.41) is 10.7. The van der Waals surface area contributed by atoms with E-state index in [4.69, 9.17) is 4.74 Å². The summed E-state index contributed by atoms with van der Waals surface area (Å²) in [5.41, 5.74) is 1.60. The van der Waals surface area contributed by atoms with Crippen LogP contribution in [0.15, 0.2) is 59.8 Å². The Balaban J connectivity index is 1.45. The van der Waals surface area contributed by atoms with Crippen LogP contribution in [0.5, 0.6) is 5.75 Å². The molecule has 0 saturated heterocycles. The summed E-state index contributed by atoms with van der Waals surface area (Å²) in [6.45, 7) is 0.532. The molecule has 3 aromatic rings. The van der Waals surface area contributed by atoms with Gasteiger partial charge in [-0.15, -0.1) is 5.10 Å². The lowest BCUT2D eigenvalue weighted by Crippen LogP contribution is -2.25. The van der Waals surface area contributed by atoms with Crippen LogP contribution in [0.3, 0.4) is 0 Å². The quantitative estimate of drug-likeness (QED) is 0.504. The van der Waals surface area contributed by atoms with Crippen molar-refractivity contribution in [3.63, 3.8) is 0 Å². The number of aromatic nitrogens is 3. The molecule has 0 aliphatic heterocycles. The van der Waals surface area contributed by atoms with E-state index in [2.05, 4.69) is 20.5 Å². The van der Waals surface area contributed by atoms with Gasteiger partial charge < -0.3 is 10.1 Å². The summed E-state index contributed by atoms with van der Waals surface area (Å²) in [4.78, 5) is 16.5. The molecule has 6 nitrogen and oxygen atoms in total. The normalized spacial score (nSPS) is 10.4. The number of carbonyl (C=O) groups is 1. The largest absolute Gasteiger partial charge is 0.497 e. The number of aromatic amines is 1. The summed E-state index contributed by atoms with van der Waals surface area (Å²) < 4.78 is 5.08. The van der Waals surface area contributed by atoms with Crippen LogP contribution in [-0.4, -0.2) is 40.5 Å². The van der Waals surface area contributed by atoms with Crippen molar-refractivity contribution in [3.8, 4) is 17.1 Å². The van der Waals surface area contributed by atoms with Crippen molar-refractivity contribution in [2.75, 3.05) is 19.4 Å². The van der Waals surface area contributed by atoms with Crippen molar-refractivity contribution in [2.24, 2.45) is 0 Å². The number of H-pyrrole nitrogens is 1. The molecule has 0 fully saturated rings. The van der Waals surface area contributed by atoms with Gasteiger partial charge in [0.2, 0.25) is 5.16 Å². The van der Waals surface area contributed by atoms with Crippen molar-refractivity contribution in [2.45, 2.75) is 5.16 Å². The molecule has 0 bridgehead atoms. The number of nitrogens with zero attached hydrogens (tertiary/aromatic N) is 2. The highest BCUT2D eigenvalue weighted by Gasteiger charge is 2.07. The highest BCUT2D eigenvalue weighted by Crippen LogP contribution is 2.18. The Morgan fingerprint density at radius 1 is 1.16 bits per heavy atom. The fourth-order valence-electron chi connectivity index (χ4n) is 2.19. The molecule has 1 aromatic heterocycles. The van der Waals surface area contributed by atoms with Gasteiger partial charge in [-0.25, -0.2) is 4.98 Å². The SMILES string of the molecule is COc1ccc(C(=O)NCCSc2n[nH]c(-c3ccccc3)n2)cc1. The van der Waals surface area contributed by atoms with Crippen molar-refractivity contribution in [1.82, 2.24) is 20.5 Å². The third-order valence-corrected chi connectivity index (χ3v) is 4.33. The fourth-order valence-corrected chi connectivity index (χ4v) is 2.84. The molecule has 2 aromatic carbocycles. The fraction of sp³-hybridized carbons (Fsp3) is 0.167. The molecule has 0 aliphatic carbocycles. The number of hydrogen-bond acceptors (Lipinski definition) is 5. The maximum absolute atomic E-state index is 12.0. The topological polar surface area (TPSA) is 79.9 Å². The lowest BCUT2D eigenvalue weighted by molar-refractivity contribution is 0.0956. The number of rotatable bonds is 7. The number of methoxy groups -OCH3 is 1. The zero-order valence-corrected chi connectivity index (χ0v) is 14.5. The minimum absolute atomic E-state index is 0.108. The Hall–Kier alpha value is -2.80. The van der Waals surface area contributed by atoms with Crippen molar-refractivity contribution >= 4 is 17.7 Å². The first kappa shape index (κ1) is 17.0. The molecular weight excluding hydrogens is 336 g/mol. The Morgan fingerprint density at radius 3 is 2.64 bits per heavy atom. The molecule has 0 spiro atoms. The first-order chi connectivity index (χ1) is 12.3. The van der Waals surface area contributed by atoms with Crippen LogP contribution in [0.4, 0.5) is 0 Å². The van der Waals surface area contributed by atoms with E-state index in [1.807, 2.05) is 30.3 Å². The maximum Gasteiger partial charge on any atom is 0.251 e. The van der Waals surface area contributed by atoms with Crippen LogP contribution in [-0.2, 0) is 0 Å². The number of carbonyl (C=O) groups excluding carboxylic acids is 1. The molecular formula is C18H18N4O2S. The average Bonchev–Trinajstić information content (AvgIpc) is 3.15. The molecule has 3 rings (SSSR count). The molecule has 0 radical (unpaired) electrons. The van der Waals surface area contributed by atoms with E-state index < -0.39 is 0 Å². The molecule has 0 atom stereocenters. The molecule has 25 heavy (non-hydrogen) atoms. The third kappa shape index (κ3) is 4.60. The van der Waals surface area contributed by atoms with Gasteiger partial charge >= 0.3 is 0 Å². The second-order valence-corrected chi connectivity index (χ2v) is 6.23. The number of nitrogens with one attached hydrogen (secondary N) is 2. The minimum Gasteiger partial charge on any atom is -0.497 e. The van der Waals surface area contributed by atoms with Crippen LogP contribution in [0.25, 0.3) is 11.4 Å². The van der Waals surface area contributed by atoms with Crippen LogP contribution < -0.4 is 10.1 Å². The lowest BCUT2D eigenvalue weighted by atomic mass is 10.2. The highest BCUT2D eigenvalue weighted by molar-refractivity contribution is 7.99. The Morgan fingerprint density at radius 2 is 1.92 bits per heavy atom. The van der Waals surface area contributed by atoms with Crippen molar-refractivity contribution < 1.29 is 9.53 Å². The minimum atomic E-state index is -0.108. The van der Waals surface area contributed by atoms with Crippen LogP contribution in [0.2, 0.25) is 0 Å². The predicted octanol–water partition coefficient (Wildman–Crippen LogP) is 3.00. The van der Waals surface area contributed by atoms with Crippen molar-refractivity contribution in [3.05, 3.63) is 60.2 Å². The second kappa shape index (κ2) is 8.34. The number of benzene rings is 2. The first-order valence-corrected chi connectivity index (χ1v) is 8.77. The van der Waals surface area contributed by atoms with E-state index in [1.54, 1.807) is 31.4 Å². The Kier molecular flexibility index (Phi) is 5.69. The maximum atomic E-state index is 12.0. The van der Waals surface area contributed by atoms with Crippen LogP contribution >= 0.6 is 11.8 Å². The molecule has 0 saturated carbocycles. The molecule has 1 amide bonds. The van der Waals surface area contributed by atoms with E-state index in [-0.39, 0.29) is 5.91 Å². The number of hydrogen-bond donors (Lipinski definition) is 2. The van der Waals surface area contributed by atoms with Gasteiger partial charge in [0.15, 0.2) is 5.82 Å². The number of thioether (sulfide) groups is 1. The van der Waals surface area contributed by atoms with Gasteiger partial charge in [0, 0.05) is 23.4 Å².